The Bertz CT molecular complexity index is 1700. The van der Waals surface area contributed by atoms with E-state index in [1.54, 1.807) is 6.92 Å². The number of benzene rings is 2. The van der Waals surface area contributed by atoms with Crippen LogP contribution in [-0.4, -0.2) is 53.1 Å². The third-order valence-corrected chi connectivity index (χ3v) is 9.23. The van der Waals surface area contributed by atoms with Gasteiger partial charge in [0.15, 0.2) is 11.5 Å². The van der Waals surface area contributed by atoms with Gasteiger partial charge in [-0.05, 0) is 67.6 Å². The van der Waals surface area contributed by atoms with Gasteiger partial charge in [-0.25, -0.2) is 4.79 Å². The molecule has 0 saturated carbocycles. The predicted octanol–water partition coefficient (Wildman–Crippen LogP) is 5.97. The monoisotopic (exact) mass is 651 g/mol. The Balaban J connectivity index is 1.34. The van der Waals surface area contributed by atoms with Crippen LogP contribution in [0.25, 0.3) is 6.08 Å². The fourth-order valence-corrected chi connectivity index (χ4v) is 7.13. The number of thiophene rings is 1. The summed E-state index contributed by atoms with van der Waals surface area (Å²) in [4.78, 5) is 64.8. The van der Waals surface area contributed by atoms with Crippen molar-refractivity contribution in [1.29, 1.82) is 0 Å². The molecular weight excluding hydrogens is 622 g/mol. The first kappa shape index (κ1) is 31.7. The summed E-state index contributed by atoms with van der Waals surface area (Å²) in [5.41, 5.74) is 1.68. The first-order valence-corrected chi connectivity index (χ1v) is 15.7. The second kappa shape index (κ2) is 13.9. The van der Waals surface area contributed by atoms with Crippen molar-refractivity contribution in [3.8, 4) is 11.5 Å². The van der Waals surface area contributed by atoms with Crippen molar-refractivity contribution >= 4 is 62.9 Å². The van der Waals surface area contributed by atoms with Gasteiger partial charge in [-0.15, -0.1) is 11.3 Å². The number of esters is 1. The minimum atomic E-state index is -0.783. The summed E-state index contributed by atoms with van der Waals surface area (Å²) < 4.78 is 16.4. The largest absolute Gasteiger partial charge is 0.493 e. The highest BCUT2D eigenvalue weighted by atomic mass is 32.2. The van der Waals surface area contributed by atoms with Crippen LogP contribution in [0.2, 0.25) is 0 Å². The fraction of sp³-hybridized carbons (Fsp3) is 0.290. The number of imide groups is 1. The summed E-state index contributed by atoms with van der Waals surface area (Å²) >= 11 is 1.85. The highest BCUT2D eigenvalue weighted by Crippen LogP contribution is 2.40. The molecule has 2 aliphatic rings. The second-order valence-corrected chi connectivity index (χ2v) is 12.1. The molecule has 234 valence electrons. The average molecular weight is 652 g/mol. The van der Waals surface area contributed by atoms with E-state index in [1.165, 1.54) is 36.7 Å². The van der Waals surface area contributed by atoms with Crippen LogP contribution in [0.5, 0.6) is 11.5 Å². The minimum absolute atomic E-state index is 0.0158. The van der Waals surface area contributed by atoms with E-state index in [-0.39, 0.29) is 40.9 Å². The molecule has 5 rings (SSSR count). The standard InChI is InChI=1S/C31H29N3O9S2/c1-3-42-30(37)27-20-11-7-8-12-24(20)44-28(27)32-26(35)16-33-29(36)25(45-31(33)38)14-19-13-22(41-2)23(15-21(19)34(39)40)43-17-18-9-5-4-6-10-18/h4-6,9-10,13-15H,3,7-8,11-12,16-17H2,1-2H3,(H,32,35). The Labute approximate surface area is 266 Å². The number of nitro groups is 1. The van der Waals surface area contributed by atoms with Gasteiger partial charge in [0, 0.05) is 4.88 Å². The molecular formula is C31H29N3O9S2. The molecule has 0 atom stereocenters. The molecule has 45 heavy (non-hydrogen) atoms. The SMILES string of the molecule is CCOC(=O)c1c(NC(=O)CN2C(=O)SC(=Cc3cc(OC)c(OCc4ccccc4)cc3[N+](=O)[O-])C2=O)sc2c1CCCC2. The van der Waals surface area contributed by atoms with Crippen LogP contribution >= 0.6 is 23.1 Å². The van der Waals surface area contributed by atoms with Crippen molar-refractivity contribution in [2.24, 2.45) is 0 Å². The first-order chi connectivity index (χ1) is 21.7. The van der Waals surface area contributed by atoms with E-state index in [0.29, 0.717) is 28.7 Å². The number of anilines is 1. The summed E-state index contributed by atoms with van der Waals surface area (Å²) in [5, 5.41) is 14.3. The van der Waals surface area contributed by atoms with Crippen LogP contribution in [-0.2, 0) is 33.8 Å². The molecule has 2 aromatic carbocycles. The number of hydrogen-bond acceptors (Lipinski definition) is 11. The van der Waals surface area contributed by atoms with Crippen molar-refractivity contribution in [2.45, 2.75) is 39.2 Å². The summed E-state index contributed by atoms with van der Waals surface area (Å²) in [6.07, 6.45) is 4.59. The van der Waals surface area contributed by atoms with Gasteiger partial charge in [-0.3, -0.25) is 29.4 Å². The molecule has 1 aromatic heterocycles. The van der Waals surface area contributed by atoms with Crippen molar-refractivity contribution in [3.05, 3.63) is 84.6 Å². The highest BCUT2D eigenvalue weighted by Gasteiger charge is 2.37. The van der Waals surface area contributed by atoms with Gasteiger partial charge < -0.3 is 19.5 Å². The molecule has 0 radical (unpaired) electrons. The Morgan fingerprint density at radius 1 is 1.11 bits per heavy atom. The van der Waals surface area contributed by atoms with Crippen molar-refractivity contribution in [2.75, 3.05) is 25.6 Å². The zero-order valence-electron chi connectivity index (χ0n) is 24.5. The number of carbonyl (C=O) groups excluding carboxylic acids is 4. The Morgan fingerprint density at radius 2 is 1.87 bits per heavy atom. The van der Waals surface area contributed by atoms with Gasteiger partial charge in [0.1, 0.15) is 18.2 Å². The highest BCUT2D eigenvalue weighted by molar-refractivity contribution is 8.18. The number of amides is 3. The molecule has 0 bridgehead atoms. The van der Waals surface area contributed by atoms with Crippen molar-refractivity contribution < 1.29 is 38.3 Å². The number of ether oxygens (including phenoxy) is 3. The summed E-state index contributed by atoms with van der Waals surface area (Å²) in [6, 6.07) is 11.8. The molecule has 0 unspecified atom stereocenters. The number of nitrogens with zero attached hydrogens (tertiary/aromatic N) is 2. The number of nitrogens with one attached hydrogen (secondary N) is 1. The number of methoxy groups -OCH3 is 1. The minimum Gasteiger partial charge on any atom is -0.493 e. The van der Waals surface area contributed by atoms with E-state index in [9.17, 15) is 29.3 Å². The van der Waals surface area contributed by atoms with E-state index >= 15 is 0 Å². The zero-order valence-corrected chi connectivity index (χ0v) is 26.1. The smallest absolute Gasteiger partial charge is 0.341 e. The topological polar surface area (TPSA) is 154 Å². The number of thioether (sulfide) groups is 1. The number of nitro benzene ring substituents is 1. The molecule has 2 heterocycles. The Morgan fingerprint density at radius 3 is 2.58 bits per heavy atom. The molecule has 3 aromatic rings. The summed E-state index contributed by atoms with van der Waals surface area (Å²) in [6.45, 7) is 1.41. The Hall–Kier alpha value is -4.69. The quantitative estimate of drug-likeness (QED) is 0.113. The van der Waals surface area contributed by atoms with Crippen LogP contribution in [0.15, 0.2) is 47.4 Å². The number of rotatable bonds is 11. The van der Waals surface area contributed by atoms with E-state index in [1.807, 2.05) is 30.3 Å². The third kappa shape index (κ3) is 7.02. The van der Waals surface area contributed by atoms with Crippen LogP contribution in [0.4, 0.5) is 15.5 Å². The predicted molar refractivity (Wildman–Crippen MR) is 169 cm³/mol. The molecule has 0 spiro atoms. The van der Waals surface area contributed by atoms with Crippen LogP contribution in [0.3, 0.4) is 0 Å². The average Bonchev–Trinajstić information content (AvgIpc) is 3.52. The third-order valence-electron chi connectivity index (χ3n) is 7.11. The van der Waals surface area contributed by atoms with Gasteiger partial charge in [-0.1, -0.05) is 30.3 Å². The lowest BCUT2D eigenvalue weighted by atomic mass is 9.95. The van der Waals surface area contributed by atoms with Crippen molar-refractivity contribution in [1.82, 2.24) is 4.90 Å². The molecule has 1 N–H and O–H groups in total. The number of fused-ring (bicyclic) bond motifs is 1. The summed E-state index contributed by atoms with van der Waals surface area (Å²) in [7, 11) is 1.38. The number of carbonyl (C=O) groups is 4. The fourth-order valence-electron chi connectivity index (χ4n) is 5.01. The lowest BCUT2D eigenvalue weighted by Gasteiger charge is -2.14. The van der Waals surface area contributed by atoms with Gasteiger partial charge in [-0.2, -0.15) is 0 Å². The maximum absolute atomic E-state index is 13.2. The molecule has 1 aliphatic heterocycles. The van der Waals surface area contributed by atoms with Gasteiger partial charge >= 0.3 is 5.97 Å². The molecule has 14 heteroatoms. The first-order valence-electron chi connectivity index (χ1n) is 14.1. The molecule has 1 fully saturated rings. The maximum Gasteiger partial charge on any atom is 0.341 e. The molecule has 3 amide bonds. The Kier molecular flexibility index (Phi) is 9.83. The summed E-state index contributed by atoms with van der Waals surface area (Å²) in [5.74, 6) is -1.66. The van der Waals surface area contributed by atoms with Crippen LogP contribution in [0, 0.1) is 10.1 Å². The lowest BCUT2D eigenvalue weighted by Crippen LogP contribution is -2.36. The lowest BCUT2D eigenvalue weighted by molar-refractivity contribution is -0.385. The van der Waals surface area contributed by atoms with Crippen molar-refractivity contribution in [3.63, 3.8) is 0 Å². The van der Waals surface area contributed by atoms with Gasteiger partial charge in [0.05, 0.1) is 40.7 Å². The zero-order chi connectivity index (χ0) is 32.1. The normalized spacial score (nSPS) is 15.2. The van der Waals surface area contributed by atoms with Crippen LogP contribution < -0.4 is 14.8 Å². The molecule has 1 aliphatic carbocycles. The molecule has 1 saturated heterocycles. The maximum atomic E-state index is 13.2. The van der Waals surface area contributed by atoms with E-state index in [4.69, 9.17) is 14.2 Å². The number of aryl methyl sites for hydroxylation is 1. The number of hydrogen-bond donors (Lipinski definition) is 1. The van der Waals surface area contributed by atoms with Crippen LogP contribution in [0.1, 0.15) is 51.7 Å². The van der Waals surface area contributed by atoms with E-state index in [2.05, 4.69) is 5.32 Å². The van der Waals surface area contributed by atoms with Gasteiger partial charge in [0.25, 0.3) is 16.8 Å². The van der Waals surface area contributed by atoms with Gasteiger partial charge in [0.2, 0.25) is 5.91 Å². The van der Waals surface area contributed by atoms with E-state index in [0.717, 1.165) is 40.2 Å². The second-order valence-electron chi connectivity index (χ2n) is 10.0. The van der Waals surface area contributed by atoms with E-state index < -0.39 is 34.5 Å². The molecule has 12 nitrogen and oxygen atoms in total.